The molecule has 1 aliphatic rings. The van der Waals surface area contributed by atoms with Crippen LogP contribution in [0.5, 0.6) is 0 Å². The number of aromatic amines is 1. The van der Waals surface area contributed by atoms with Gasteiger partial charge in [0.2, 0.25) is 5.95 Å². The number of aromatic nitrogens is 4. The number of nitrogens with one attached hydrogen (secondary N) is 3. The van der Waals surface area contributed by atoms with E-state index in [1.165, 1.54) is 12.8 Å². The van der Waals surface area contributed by atoms with Gasteiger partial charge < -0.3 is 15.5 Å². The van der Waals surface area contributed by atoms with Crippen LogP contribution in [0.15, 0.2) is 36.5 Å². The Hall–Kier alpha value is -2.67. The van der Waals surface area contributed by atoms with Crippen LogP contribution in [0.25, 0.3) is 10.9 Å². The first-order chi connectivity index (χ1) is 13.7. The summed E-state index contributed by atoms with van der Waals surface area (Å²) >= 11 is 0. The monoisotopic (exact) mass is 379 g/mol. The molecule has 2 aromatic heterocycles. The summed E-state index contributed by atoms with van der Waals surface area (Å²) in [6.07, 6.45) is 6.62. The van der Waals surface area contributed by atoms with Gasteiger partial charge in [-0.05, 0) is 56.3 Å². The fraction of sp³-hybridized carbons (Fsp3) is 0.476. The summed E-state index contributed by atoms with van der Waals surface area (Å²) in [6.45, 7) is 1.89. The Morgan fingerprint density at radius 3 is 2.64 bits per heavy atom. The van der Waals surface area contributed by atoms with E-state index in [1.54, 1.807) is 0 Å². The summed E-state index contributed by atoms with van der Waals surface area (Å²) in [4.78, 5) is 11.6. The number of para-hydroxylation sites is 1. The van der Waals surface area contributed by atoms with Crippen molar-refractivity contribution < 1.29 is 0 Å². The van der Waals surface area contributed by atoms with Crippen LogP contribution in [0.1, 0.15) is 31.4 Å². The molecule has 0 aliphatic heterocycles. The molecular weight excluding hydrogens is 350 g/mol. The van der Waals surface area contributed by atoms with Gasteiger partial charge in [0.15, 0.2) is 0 Å². The molecule has 0 spiro atoms. The lowest BCUT2D eigenvalue weighted by molar-refractivity contribution is 0.323. The topological polar surface area (TPSA) is 81.8 Å². The number of hydrogen-bond acceptors (Lipinski definition) is 6. The zero-order chi connectivity index (χ0) is 19.3. The molecule has 148 valence electrons. The molecule has 3 N–H and O–H groups in total. The van der Waals surface area contributed by atoms with E-state index >= 15 is 0 Å². The fourth-order valence-corrected chi connectivity index (χ4v) is 3.95. The average molecular weight is 380 g/mol. The smallest absolute Gasteiger partial charge is 0.225 e. The van der Waals surface area contributed by atoms with E-state index in [1.807, 2.05) is 38.5 Å². The number of benzene rings is 1. The van der Waals surface area contributed by atoms with Crippen LogP contribution in [0.3, 0.4) is 0 Å². The van der Waals surface area contributed by atoms with Gasteiger partial charge in [-0.1, -0.05) is 12.1 Å². The van der Waals surface area contributed by atoms with Crippen molar-refractivity contribution in [2.45, 2.75) is 38.3 Å². The van der Waals surface area contributed by atoms with Crippen molar-refractivity contribution in [3.63, 3.8) is 0 Å². The maximum atomic E-state index is 4.77. The van der Waals surface area contributed by atoms with Crippen LogP contribution >= 0.6 is 0 Å². The molecule has 4 rings (SSSR count). The van der Waals surface area contributed by atoms with Gasteiger partial charge in [0.1, 0.15) is 5.82 Å². The Balaban J connectivity index is 1.32. The Morgan fingerprint density at radius 2 is 1.89 bits per heavy atom. The summed E-state index contributed by atoms with van der Waals surface area (Å²) in [5, 5.41) is 15.2. The fourth-order valence-electron chi connectivity index (χ4n) is 3.95. The standard InChI is InChI=1S/C21H29N7/c1-28(2)20-18-5-3-4-6-19(18)25-21(26-20)24-16-9-7-15(8-10-16)13-22-14-17-11-12-23-27-17/h3-6,11-12,15-16,22H,7-10,13-14H2,1-2H3,(H,23,27)(H,24,25,26)/t15-,16+. The van der Waals surface area contributed by atoms with E-state index < -0.39 is 0 Å². The molecule has 0 amide bonds. The second-order valence-corrected chi connectivity index (χ2v) is 7.84. The van der Waals surface area contributed by atoms with Crippen molar-refractivity contribution in [1.29, 1.82) is 0 Å². The van der Waals surface area contributed by atoms with Crippen molar-refractivity contribution in [2.24, 2.45) is 5.92 Å². The Morgan fingerprint density at radius 1 is 1.07 bits per heavy atom. The molecule has 1 aromatic carbocycles. The zero-order valence-electron chi connectivity index (χ0n) is 16.7. The first-order valence-corrected chi connectivity index (χ1v) is 10.1. The second-order valence-electron chi connectivity index (χ2n) is 7.84. The quantitative estimate of drug-likeness (QED) is 0.585. The summed E-state index contributed by atoms with van der Waals surface area (Å²) in [6, 6.07) is 10.7. The molecule has 2 heterocycles. The van der Waals surface area contributed by atoms with Gasteiger partial charge in [-0.25, -0.2) is 4.98 Å². The summed E-state index contributed by atoms with van der Waals surface area (Å²) in [5.41, 5.74) is 2.06. The molecule has 0 bridgehead atoms. The van der Waals surface area contributed by atoms with Crippen LogP contribution < -0.4 is 15.5 Å². The Kier molecular flexibility index (Phi) is 5.71. The van der Waals surface area contributed by atoms with Crippen LogP contribution in [0.4, 0.5) is 11.8 Å². The van der Waals surface area contributed by atoms with E-state index in [2.05, 4.69) is 37.9 Å². The van der Waals surface area contributed by atoms with Gasteiger partial charge in [0.05, 0.1) is 11.2 Å². The molecular formula is C21H29N7. The molecule has 1 fully saturated rings. The number of hydrogen-bond donors (Lipinski definition) is 3. The number of H-pyrrole nitrogens is 1. The van der Waals surface area contributed by atoms with Crippen molar-refractivity contribution >= 4 is 22.7 Å². The van der Waals surface area contributed by atoms with E-state index in [0.717, 1.165) is 60.2 Å². The first kappa shape index (κ1) is 18.7. The summed E-state index contributed by atoms with van der Waals surface area (Å²) in [7, 11) is 4.06. The highest BCUT2D eigenvalue weighted by Gasteiger charge is 2.22. The molecule has 0 unspecified atom stereocenters. The maximum absolute atomic E-state index is 4.77. The van der Waals surface area contributed by atoms with E-state index in [-0.39, 0.29) is 0 Å². The minimum Gasteiger partial charge on any atom is -0.362 e. The van der Waals surface area contributed by atoms with Crippen LogP contribution in [0, 0.1) is 5.92 Å². The Bertz CT molecular complexity index is 883. The number of anilines is 2. The van der Waals surface area contributed by atoms with Crippen LogP contribution in [0.2, 0.25) is 0 Å². The highest BCUT2D eigenvalue weighted by atomic mass is 15.2. The van der Waals surface area contributed by atoms with Crippen LogP contribution in [-0.2, 0) is 6.54 Å². The van der Waals surface area contributed by atoms with E-state index in [4.69, 9.17) is 9.97 Å². The molecule has 28 heavy (non-hydrogen) atoms. The molecule has 7 heteroatoms. The lowest BCUT2D eigenvalue weighted by Gasteiger charge is -2.29. The molecule has 1 saturated carbocycles. The summed E-state index contributed by atoms with van der Waals surface area (Å²) < 4.78 is 0. The molecule has 1 aliphatic carbocycles. The van der Waals surface area contributed by atoms with Gasteiger partial charge in [-0.15, -0.1) is 0 Å². The van der Waals surface area contributed by atoms with Gasteiger partial charge >= 0.3 is 0 Å². The average Bonchev–Trinajstić information content (AvgIpc) is 3.22. The predicted octanol–water partition coefficient (Wildman–Crippen LogP) is 3.18. The van der Waals surface area contributed by atoms with Crippen molar-refractivity contribution in [3.05, 3.63) is 42.2 Å². The van der Waals surface area contributed by atoms with Gasteiger partial charge in [0.25, 0.3) is 0 Å². The van der Waals surface area contributed by atoms with Gasteiger partial charge in [-0.2, -0.15) is 10.1 Å². The van der Waals surface area contributed by atoms with Crippen molar-refractivity contribution in [3.8, 4) is 0 Å². The third-order valence-electron chi connectivity index (χ3n) is 5.48. The predicted molar refractivity (Wildman–Crippen MR) is 114 cm³/mol. The summed E-state index contributed by atoms with van der Waals surface area (Å²) in [5.74, 6) is 2.43. The van der Waals surface area contributed by atoms with Gasteiger partial charge in [0, 0.05) is 38.3 Å². The largest absolute Gasteiger partial charge is 0.362 e. The maximum Gasteiger partial charge on any atom is 0.225 e. The number of nitrogens with zero attached hydrogens (tertiary/aromatic N) is 4. The molecule has 3 aromatic rings. The molecule has 0 atom stereocenters. The number of fused-ring (bicyclic) bond motifs is 1. The normalized spacial score (nSPS) is 19.6. The number of rotatable bonds is 7. The van der Waals surface area contributed by atoms with Crippen molar-refractivity contribution in [1.82, 2.24) is 25.5 Å². The highest BCUT2D eigenvalue weighted by Crippen LogP contribution is 2.28. The molecule has 7 nitrogen and oxygen atoms in total. The van der Waals surface area contributed by atoms with Gasteiger partial charge in [-0.3, -0.25) is 5.10 Å². The molecule has 0 radical (unpaired) electrons. The third-order valence-corrected chi connectivity index (χ3v) is 5.48. The van der Waals surface area contributed by atoms with E-state index in [0.29, 0.717) is 6.04 Å². The van der Waals surface area contributed by atoms with Crippen LogP contribution in [-0.4, -0.2) is 46.8 Å². The molecule has 0 saturated heterocycles. The SMILES string of the molecule is CN(C)c1nc(N[C@H]2CC[C@@H](CNCc3cc[nH]n3)CC2)nc2ccccc12. The third kappa shape index (κ3) is 4.42. The van der Waals surface area contributed by atoms with Crippen molar-refractivity contribution in [2.75, 3.05) is 30.9 Å². The lowest BCUT2D eigenvalue weighted by atomic mass is 9.86. The Labute approximate surface area is 166 Å². The minimum absolute atomic E-state index is 0.443. The van der Waals surface area contributed by atoms with E-state index in [9.17, 15) is 0 Å². The lowest BCUT2D eigenvalue weighted by Crippen LogP contribution is -2.31. The second kappa shape index (κ2) is 8.56. The first-order valence-electron chi connectivity index (χ1n) is 10.1. The zero-order valence-corrected chi connectivity index (χ0v) is 16.7. The highest BCUT2D eigenvalue weighted by molar-refractivity contribution is 5.90. The minimum atomic E-state index is 0.443.